The van der Waals surface area contributed by atoms with Crippen LogP contribution in [0.15, 0.2) is 211 Å². The van der Waals surface area contributed by atoms with Crippen molar-refractivity contribution in [2.45, 2.75) is 0 Å². The van der Waals surface area contributed by atoms with E-state index >= 15 is 0 Å². The molecule has 0 spiro atoms. The Kier molecular flexibility index (Phi) is 8.28. The molecule has 0 fully saturated rings. The fourth-order valence-corrected chi connectivity index (χ4v) is 9.98. The largest absolute Gasteiger partial charge is 0.455 e. The fraction of sp³-hybridized carbons (Fsp3) is 0.0196. The van der Waals surface area contributed by atoms with Crippen LogP contribution in [0.5, 0.6) is 0 Å². The van der Waals surface area contributed by atoms with E-state index in [1.54, 1.807) is 0 Å². The predicted octanol–water partition coefficient (Wildman–Crippen LogP) is 15.5. The summed E-state index contributed by atoms with van der Waals surface area (Å²) < 4.78 is 6.79. The zero-order valence-corrected chi connectivity index (χ0v) is 31.3. The van der Waals surface area contributed by atoms with E-state index in [1.165, 1.54) is 32.1 Å². The topological polar surface area (TPSA) is 19.6 Å². The molecule has 2 heterocycles. The smallest absolute Gasteiger partial charge is 0.147 e. The highest BCUT2D eigenvalue weighted by Gasteiger charge is 2.19. The summed E-state index contributed by atoms with van der Waals surface area (Å²) in [7, 11) is -0.532. The second-order valence-corrected chi connectivity index (χ2v) is 15.9. The molecule has 0 amide bonds. The Balaban J connectivity index is 0.981. The van der Waals surface area contributed by atoms with Gasteiger partial charge in [0, 0.05) is 55.1 Å². The van der Waals surface area contributed by atoms with E-state index in [0.29, 0.717) is 0 Å². The van der Waals surface area contributed by atoms with Gasteiger partial charge < -0.3 is 14.2 Å². The van der Waals surface area contributed by atoms with Crippen LogP contribution in [-0.4, -0.2) is 0 Å². The number of furan rings is 1. The summed E-state index contributed by atoms with van der Waals surface area (Å²) in [5, 5.41) is 5.15. The average Bonchev–Trinajstić information content (AvgIpc) is 3.77. The number of para-hydroxylation sites is 4. The van der Waals surface area contributed by atoms with Crippen LogP contribution in [0.25, 0.3) is 54.4 Å². The first-order valence-corrected chi connectivity index (χ1v) is 20.4. The van der Waals surface area contributed by atoms with Crippen molar-refractivity contribution < 1.29 is 4.42 Å². The maximum absolute atomic E-state index is 6.79. The number of benzene rings is 8. The van der Waals surface area contributed by atoms with Gasteiger partial charge in [-0.15, -0.1) is 7.53 Å². The minimum atomic E-state index is -0.532. The SMILES string of the molecule is Cp1c2ccc(-c3ccc(N(c4ccccc4)c4ccccc4)cc3)cc2c2oc3cc(-c4ccc(N(c5ccccc5)c5ccccc5)cc4)ccc3c21. The van der Waals surface area contributed by atoms with E-state index < -0.39 is 7.53 Å². The third-order valence-electron chi connectivity index (χ3n) is 10.6. The van der Waals surface area contributed by atoms with Gasteiger partial charge in [0.05, 0.1) is 0 Å². The monoisotopic (exact) mass is 724 g/mol. The number of fused-ring (bicyclic) bond motifs is 5. The molecule has 0 saturated carbocycles. The van der Waals surface area contributed by atoms with E-state index in [4.69, 9.17) is 4.42 Å². The standard InChI is InChI=1S/C51H37N2OP/c1-55-49-33-27-38(36-22-28-44(29-23-36)52(40-14-6-2-7-15-40)41-16-8-3-9-17-41)34-47(49)50-51(55)46-32-26-39(35-48(46)54-50)37-24-30-45(31-25-37)53(42-18-10-4-11-19-42)43-20-12-5-13-21-43/h2-35H,1H3. The lowest BCUT2D eigenvalue weighted by Crippen LogP contribution is -2.09. The van der Waals surface area contributed by atoms with Crippen LogP contribution >= 0.6 is 7.53 Å². The third-order valence-corrected chi connectivity index (χ3v) is 12.8. The number of hydrogen-bond donors (Lipinski definition) is 0. The molecule has 0 saturated heterocycles. The van der Waals surface area contributed by atoms with E-state index in [2.05, 4.69) is 223 Å². The number of aryl methyl sites for hydroxylation is 1. The van der Waals surface area contributed by atoms with Crippen LogP contribution in [0.1, 0.15) is 0 Å². The molecule has 0 bridgehead atoms. The van der Waals surface area contributed by atoms with Gasteiger partial charge in [-0.25, -0.2) is 0 Å². The molecular formula is C51H37N2OP. The molecule has 10 aromatic rings. The molecule has 55 heavy (non-hydrogen) atoms. The molecule has 0 N–H and O–H groups in total. The Morgan fingerprint density at radius 1 is 0.364 bits per heavy atom. The molecule has 0 radical (unpaired) electrons. The summed E-state index contributed by atoms with van der Waals surface area (Å²) in [6.45, 7) is 2.36. The van der Waals surface area contributed by atoms with Crippen molar-refractivity contribution in [1.82, 2.24) is 0 Å². The molecule has 1 atom stereocenters. The van der Waals surface area contributed by atoms with Gasteiger partial charge in [0.1, 0.15) is 11.2 Å². The minimum Gasteiger partial charge on any atom is -0.455 e. The van der Waals surface area contributed by atoms with E-state index in [1.807, 2.05) is 0 Å². The lowest BCUT2D eigenvalue weighted by molar-refractivity contribution is 0.673. The molecule has 0 aliphatic carbocycles. The molecule has 10 rings (SSSR count). The van der Waals surface area contributed by atoms with Crippen molar-refractivity contribution in [3.05, 3.63) is 206 Å². The van der Waals surface area contributed by atoms with Gasteiger partial charge in [-0.05, 0) is 126 Å². The molecular weight excluding hydrogens is 688 g/mol. The maximum atomic E-state index is 6.79. The van der Waals surface area contributed by atoms with Crippen molar-refractivity contribution in [3.8, 4) is 22.3 Å². The lowest BCUT2D eigenvalue weighted by atomic mass is 10.0. The second kappa shape index (κ2) is 13.9. The van der Waals surface area contributed by atoms with Crippen molar-refractivity contribution >= 4 is 73.8 Å². The first-order valence-electron chi connectivity index (χ1n) is 18.7. The molecule has 2 aromatic heterocycles. The van der Waals surface area contributed by atoms with Gasteiger partial charge >= 0.3 is 0 Å². The van der Waals surface area contributed by atoms with Crippen LogP contribution in [0, 0.1) is 0 Å². The highest BCUT2D eigenvalue weighted by Crippen LogP contribution is 2.52. The summed E-state index contributed by atoms with van der Waals surface area (Å²) >= 11 is 0. The van der Waals surface area contributed by atoms with Crippen LogP contribution in [-0.2, 0) is 6.66 Å². The molecule has 4 heteroatoms. The van der Waals surface area contributed by atoms with Crippen LogP contribution in [0.3, 0.4) is 0 Å². The van der Waals surface area contributed by atoms with E-state index in [0.717, 1.165) is 56.4 Å². The zero-order chi connectivity index (χ0) is 36.7. The molecule has 8 aromatic carbocycles. The Morgan fingerprint density at radius 2 is 0.745 bits per heavy atom. The summed E-state index contributed by atoms with van der Waals surface area (Å²) in [4.78, 5) is 4.59. The normalized spacial score (nSPS) is 11.7. The van der Waals surface area contributed by atoms with Gasteiger partial charge in [0.2, 0.25) is 0 Å². The molecule has 262 valence electrons. The Morgan fingerprint density at radius 3 is 1.20 bits per heavy atom. The molecule has 3 nitrogen and oxygen atoms in total. The third kappa shape index (κ3) is 5.96. The maximum Gasteiger partial charge on any atom is 0.147 e. The Bertz CT molecular complexity index is 2820. The second-order valence-electron chi connectivity index (χ2n) is 13.9. The number of rotatable bonds is 8. The lowest BCUT2D eigenvalue weighted by Gasteiger charge is -2.25. The van der Waals surface area contributed by atoms with Crippen molar-refractivity contribution in [2.24, 2.45) is 6.66 Å². The Hall–Kier alpha value is -6.80. The highest BCUT2D eigenvalue weighted by atomic mass is 31.1. The average molecular weight is 725 g/mol. The van der Waals surface area contributed by atoms with E-state index in [9.17, 15) is 0 Å². The van der Waals surface area contributed by atoms with Crippen LogP contribution in [0.2, 0.25) is 0 Å². The van der Waals surface area contributed by atoms with Gasteiger partial charge in [0.15, 0.2) is 0 Å². The van der Waals surface area contributed by atoms with Crippen molar-refractivity contribution in [1.29, 1.82) is 0 Å². The first-order chi connectivity index (χ1) is 27.2. The summed E-state index contributed by atoms with van der Waals surface area (Å²) in [5.74, 6) is 0. The highest BCUT2D eigenvalue weighted by molar-refractivity contribution is 7.60. The van der Waals surface area contributed by atoms with Gasteiger partial charge in [0.25, 0.3) is 0 Å². The van der Waals surface area contributed by atoms with Crippen molar-refractivity contribution in [3.63, 3.8) is 0 Å². The summed E-state index contributed by atoms with van der Waals surface area (Å²) in [6.07, 6.45) is 0. The van der Waals surface area contributed by atoms with Gasteiger partial charge in [-0.2, -0.15) is 0 Å². The summed E-state index contributed by atoms with van der Waals surface area (Å²) in [5.41, 5.74) is 13.4. The zero-order valence-electron chi connectivity index (χ0n) is 30.4. The minimum absolute atomic E-state index is 0.532. The van der Waals surface area contributed by atoms with Crippen LogP contribution in [0.4, 0.5) is 34.1 Å². The first kappa shape index (κ1) is 32.8. The van der Waals surface area contributed by atoms with E-state index in [-0.39, 0.29) is 0 Å². The fourth-order valence-electron chi connectivity index (χ4n) is 7.90. The number of nitrogens with zero attached hydrogens (tertiary/aromatic N) is 2. The molecule has 1 unspecified atom stereocenters. The Labute approximate surface area is 322 Å². The van der Waals surface area contributed by atoms with Gasteiger partial charge in [-0.3, -0.25) is 0 Å². The molecule has 0 aliphatic heterocycles. The van der Waals surface area contributed by atoms with Crippen LogP contribution < -0.4 is 9.80 Å². The number of anilines is 6. The summed E-state index contributed by atoms with van der Waals surface area (Å²) in [6, 6.07) is 73.5. The van der Waals surface area contributed by atoms with Crippen molar-refractivity contribution in [2.75, 3.05) is 9.80 Å². The van der Waals surface area contributed by atoms with Gasteiger partial charge in [-0.1, -0.05) is 109 Å². The number of hydrogen-bond acceptors (Lipinski definition) is 3. The predicted molar refractivity (Wildman–Crippen MR) is 235 cm³/mol. The molecule has 0 aliphatic rings. The quantitative estimate of drug-likeness (QED) is 0.156.